The summed E-state index contributed by atoms with van der Waals surface area (Å²) in [5.74, 6) is -0.628. The Hall–Kier alpha value is -0.840. The first-order valence-electron chi connectivity index (χ1n) is 3.38. The van der Waals surface area contributed by atoms with Crippen molar-refractivity contribution in [2.75, 3.05) is 11.9 Å². The number of alkyl halides is 1. The second-order valence-electron chi connectivity index (χ2n) is 1.76. The summed E-state index contributed by atoms with van der Waals surface area (Å²) in [6, 6.07) is 0. The minimum absolute atomic E-state index is 0.101. The number of carbonyl (C=O) groups excluding carboxylic acids is 1. The van der Waals surface area contributed by atoms with Gasteiger partial charge < -0.3 is 9.94 Å². The Balaban J connectivity index is 4.17. The maximum Gasteiger partial charge on any atom is 0.360 e. The van der Waals surface area contributed by atoms with Crippen LogP contribution in [0.3, 0.4) is 0 Å². The molecular weight excluding hydrogens is 226 g/mol. The van der Waals surface area contributed by atoms with E-state index in [4.69, 9.17) is 5.21 Å². The lowest BCUT2D eigenvalue weighted by molar-refractivity contribution is -0.135. The molecule has 0 heterocycles. The number of nitrogens with zero attached hydrogens (tertiary/aromatic N) is 1. The Bertz CT molecular complexity index is 201. The van der Waals surface area contributed by atoms with Crippen molar-refractivity contribution in [2.24, 2.45) is 5.16 Å². The number of carbonyl (C=O) groups is 1. The van der Waals surface area contributed by atoms with Gasteiger partial charge in [-0.1, -0.05) is 27.2 Å². The van der Waals surface area contributed by atoms with Crippen LogP contribution in [-0.4, -0.2) is 28.8 Å². The van der Waals surface area contributed by atoms with E-state index >= 15 is 0 Å². The molecule has 0 aromatic rings. The summed E-state index contributed by atoms with van der Waals surface area (Å²) < 4.78 is 4.60. The van der Waals surface area contributed by atoms with Gasteiger partial charge in [-0.15, -0.1) is 0 Å². The van der Waals surface area contributed by atoms with Gasteiger partial charge in [0.15, 0.2) is 5.71 Å². The highest BCUT2D eigenvalue weighted by molar-refractivity contribution is 9.09. The Morgan fingerprint density at radius 2 is 2.42 bits per heavy atom. The molecule has 0 radical (unpaired) electrons. The van der Waals surface area contributed by atoms with Gasteiger partial charge >= 0.3 is 5.97 Å². The van der Waals surface area contributed by atoms with Crippen molar-refractivity contribution < 1.29 is 14.7 Å². The zero-order valence-electron chi connectivity index (χ0n) is 6.66. The zero-order chi connectivity index (χ0) is 9.40. The van der Waals surface area contributed by atoms with Crippen LogP contribution >= 0.6 is 15.9 Å². The molecule has 0 amide bonds. The molecule has 0 saturated carbocycles. The molecule has 0 unspecified atom stereocenters. The SMILES string of the molecule is CCOC(=O)C(/C=C/CBr)=N/O. The largest absolute Gasteiger partial charge is 0.461 e. The van der Waals surface area contributed by atoms with Crippen LogP contribution in [0.1, 0.15) is 6.92 Å². The van der Waals surface area contributed by atoms with E-state index in [0.29, 0.717) is 5.33 Å². The minimum atomic E-state index is -0.628. The van der Waals surface area contributed by atoms with Crippen molar-refractivity contribution >= 4 is 27.6 Å². The summed E-state index contributed by atoms with van der Waals surface area (Å²) >= 11 is 3.12. The van der Waals surface area contributed by atoms with Gasteiger partial charge in [-0.3, -0.25) is 0 Å². The van der Waals surface area contributed by atoms with Crippen LogP contribution in [0.2, 0.25) is 0 Å². The van der Waals surface area contributed by atoms with Gasteiger partial charge in [0.2, 0.25) is 0 Å². The molecule has 0 saturated heterocycles. The predicted molar refractivity (Wildman–Crippen MR) is 48.8 cm³/mol. The maximum atomic E-state index is 10.9. The van der Waals surface area contributed by atoms with Crippen LogP contribution in [0.4, 0.5) is 0 Å². The molecule has 0 bridgehead atoms. The maximum absolute atomic E-state index is 10.9. The average Bonchev–Trinajstić information content (AvgIpc) is 2.06. The number of oxime groups is 1. The van der Waals surface area contributed by atoms with Gasteiger partial charge in [-0.05, 0) is 13.0 Å². The predicted octanol–water partition coefficient (Wildman–Crippen LogP) is 1.33. The lowest BCUT2D eigenvalue weighted by Gasteiger charge is -1.97. The Labute approximate surface area is 79.0 Å². The summed E-state index contributed by atoms with van der Waals surface area (Å²) in [6.07, 6.45) is 3.01. The number of ether oxygens (including phenoxy) is 1. The number of hydrogen-bond donors (Lipinski definition) is 1. The smallest absolute Gasteiger partial charge is 0.360 e. The normalized spacial score (nSPS) is 12.0. The lowest BCUT2D eigenvalue weighted by Crippen LogP contribution is -2.15. The zero-order valence-corrected chi connectivity index (χ0v) is 8.24. The van der Waals surface area contributed by atoms with E-state index in [1.54, 1.807) is 13.0 Å². The van der Waals surface area contributed by atoms with Crippen LogP contribution < -0.4 is 0 Å². The van der Waals surface area contributed by atoms with Crippen molar-refractivity contribution in [3.05, 3.63) is 12.2 Å². The third-order valence-corrected chi connectivity index (χ3v) is 1.33. The highest BCUT2D eigenvalue weighted by atomic mass is 79.9. The molecule has 0 atom stereocenters. The Morgan fingerprint density at radius 1 is 1.75 bits per heavy atom. The summed E-state index contributed by atoms with van der Waals surface area (Å²) in [5, 5.41) is 11.7. The fraction of sp³-hybridized carbons (Fsp3) is 0.429. The van der Waals surface area contributed by atoms with Crippen LogP contribution in [0.25, 0.3) is 0 Å². The van der Waals surface area contributed by atoms with Gasteiger partial charge in [-0.25, -0.2) is 4.79 Å². The quantitative estimate of drug-likeness (QED) is 0.263. The van der Waals surface area contributed by atoms with Crippen molar-refractivity contribution in [1.29, 1.82) is 0 Å². The second-order valence-corrected chi connectivity index (χ2v) is 2.41. The number of allylic oxidation sites excluding steroid dienone is 1. The highest BCUT2D eigenvalue weighted by Gasteiger charge is 2.08. The van der Waals surface area contributed by atoms with Crippen LogP contribution in [0.15, 0.2) is 17.3 Å². The van der Waals surface area contributed by atoms with Crippen molar-refractivity contribution in [1.82, 2.24) is 0 Å². The van der Waals surface area contributed by atoms with E-state index in [1.807, 2.05) is 0 Å². The molecular formula is C7H10BrNO3. The van der Waals surface area contributed by atoms with E-state index < -0.39 is 5.97 Å². The van der Waals surface area contributed by atoms with Gasteiger partial charge in [0.1, 0.15) is 0 Å². The van der Waals surface area contributed by atoms with Crippen LogP contribution in [0, 0.1) is 0 Å². The molecule has 68 valence electrons. The van der Waals surface area contributed by atoms with Gasteiger partial charge in [0.05, 0.1) is 6.61 Å². The first-order valence-corrected chi connectivity index (χ1v) is 4.50. The van der Waals surface area contributed by atoms with E-state index in [0.717, 1.165) is 0 Å². The monoisotopic (exact) mass is 235 g/mol. The lowest BCUT2D eigenvalue weighted by atomic mass is 10.3. The molecule has 0 aliphatic carbocycles. The molecule has 0 aliphatic rings. The third kappa shape index (κ3) is 4.12. The number of rotatable bonds is 4. The van der Waals surface area contributed by atoms with E-state index in [2.05, 4.69) is 25.8 Å². The molecule has 0 aliphatic heterocycles. The van der Waals surface area contributed by atoms with Crippen LogP contribution in [-0.2, 0) is 9.53 Å². The summed E-state index contributed by atoms with van der Waals surface area (Å²) in [5.41, 5.74) is -0.101. The fourth-order valence-electron chi connectivity index (χ4n) is 0.503. The van der Waals surface area contributed by atoms with E-state index in [9.17, 15) is 4.79 Å². The topological polar surface area (TPSA) is 58.9 Å². The Kier molecular flexibility index (Phi) is 6.37. The molecule has 0 fully saturated rings. The van der Waals surface area contributed by atoms with Crippen molar-refractivity contribution in [3.8, 4) is 0 Å². The summed E-state index contributed by atoms with van der Waals surface area (Å²) in [6.45, 7) is 1.95. The van der Waals surface area contributed by atoms with Crippen molar-refractivity contribution in [2.45, 2.75) is 6.92 Å². The first kappa shape index (κ1) is 11.2. The molecule has 5 heteroatoms. The van der Waals surface area contributed by atoms with E-state index in [-0.39, 0.29) is 12.3 Å². The van der Waals surface area contributed by atoms with Gasteiger partial charge in [-0.2, -0.15) is 0 Å². The number of esters is 1. The van der Waals surface area contributed by atoms with Crippen molar-refractivity contribution in [3.63, 3.8) is 0 Å². The average molecular weight is 236 g/mol. The molecule has 0 aromatic heterocycles. The second kappa shape index (κ2) is 6.84. The molecule has 0 spiro atoms. The molecule has 1 N–H and O–H groups in total. The molecule has 0 rings (SSSR count). The van der Waals surface area contributed by atoms with Crippen LogP contribution in [0.5, 0.6) is 0 Å². The summed E-state index contributed by atoms with van der Waals surface area (Å²) in [4.78, 5) is 10.9. The minimum Gasteiger partial charge on any atom is -0.461 e. The fourth-order valence-corrected chi connectivity index (χ4v) is 0.690. The molecule has 4 nitrogen and oxygen atoms in total. The van der Waals surface area contributed by atoms with E-state index in [1.165, 1.54) is 6.08 Å². The molecule has 12 heavy (non-hydrogen) atoms. The highest BCUT2D eigenvalue weighted by Crippen LogP contribution is 1.89. The standard InChI is InChI=1S/C7H10BrNO3/c1-2-12-7(10)6(9-11)4-3-5-8/h3-4,11H,2,5H2,1H3/b4-3+,9-6+. The summed E-state index contributed by atoms with van der Waals surface area (Å²) in [7, 11) is 0. The number of halogens is 1. The Morgan fingerprint density at radius 3 is 2.83 bits per heavy atom. The number of hydrogen-bond acceptors (Lipinski definition) is 4. The molecule has 0 aromatic carbocycles. The van der Waals surface area contributed by atoms with Gasteiger partial charge in [0.25, 0.3) is 0 Å². The first-order chi connectivity index (χ1) is 5.76. The third-order valence-electron chi connectivity index (χ3n) is 0.957. The van der Waals surface area contributed by atoms with Gasteiger partial charge in [0, 0.05) is 5.33 Å².